The maximum Gasteiger partial charge on any atom is 0.149 e. The van der Waals surface area contributed by atoms with E-state index in [4.69, 9.17) is 10.5 Å². The Bertz CT molecular complexity index is 361. The second-order valence-electron chi connectivity index (χ2n) is 4.45. The Morgan fingerprint density at radius 1 is 1.62 bits per heavy atom. The molecule has 1 aliphatic rings. The first-order valence-electron chi connectivity index (χ1n) is 5.74. The Balaban J connectivity index is 2.05. The number of hydrogen-bond donors (Lipinski definition) is 2. The molecule has 4 heteroatoms. The molecule has 0 aliphatic carbocycles. The number of nitrogens with one attached hydrogen (secondary N) is 1. The molecule has 0 bridgehead atoms. The van der Waals surface area contributed by atoms with Crippen LogP contribution in [0.2, 0.25) is 0 Å². The molecule has 2 rings (SSSR count). The Hall–Kier alpha value is -1.29. The molecule has 1 aromatic rings. The molecule has 1 aromatic heterocycles. The highest BCUT2D eigenvalue weighted by atomic mass is 16.5. The van der Waals surface area contributed by atoms with Crippen LogP contribution in [0.1, 0.15) is 18.9 Å². The molecule has 16 heavy (non-hydrogen) atoms. The smallest absolute Gasteiger partial charge is 0.149 e. The molecule has 2 heterocycles. The van der Waals surface area contributed by atoms with Crippen LogP contribution in [0.5, 0.6) is 0 Å². The van der Waals surface area contributed by atoms with Gasteiger partial charge < -0.3 is 15.8 Å². The van der Waals surface area contributed by atoms with Crippen LogP contribution in [0.4, 0.5) is 11.5 Å². The third-order valence-corrected chi connectivity index (χ3v) is 3.24. The SMILES string of the molecule is Cc1ccnc(NC(C)C2CCOC2)c1N. The first-order valence-corrected chi connectivity index (χ1v) is 5.74. The van der Waals surface area contributed by atoms with Crippen molar-refractivity contribution in [3.8, 4) is 0 Å². The summed E-state index contributed by atoms with van der Waals surface area (Å²) in [5.74, 6) is 1.35. The zero-order valence-corrected chi connectivity index (χ0v) is 9.86. The van der Waals surface area contributed by atoms with E-state index in [9.17, 15) is 0 Å². The predicted octanol–water partition coefficient (Wildman–Crippen LogP) is 1.81. The number of hydrogen-bond acceptors (Lipinski definition) is 4. The molecule has 2 atom stereocenters. The van der Waals surface area contributed by atoms with Gasteiger partial charge in [-0.05, 0) is 31.9 Å². The van der Waals surface area contributed by atoms with Gasteiger partial charge in [0.05, 0.1) is 12.3 Å². The monoisotopic (exact) mass is 221 g/mol. The number of pyridine rings is 1. The third kappa shape index (κ3) is 2.27. The highest BCUT2D eigenvalue weighted by molar-refractivity contribution is 5.65. The van der Waals surface area contributed by atoms with Gasteiger partial charge in [-0.25, -0.2) is 4.98 Å². The van der Waals surface area contributed by atoms with E-state index < -0.39 is 0 Å². The number of nitrogens with two attached hydrogens (primary N) is 1. The number of aryl methyl sites for hydroxylation is 1. The lowest BCUT2D eigenvalue weighted by atomic mass is 10.0. The molecule has 1 aliphatic heterocycles. The Labute approximate surface area is 96.2 Å². The quantitative estimate of drug-likeness (QED) is 0.817. The van der Waals surface area contributed by atoms with Gasteiger partial charge in [-0.3, -0.25) is 0 Å². The Morgan fingerprint density at radius 2 is 2.44 bits per heavy atom. The van der Waals surface area contributed by atoms with Crippen molar-refractivity contribution in [1.82, 2.24) is 4.98 Å². The van der Waals surface area contributed by atoms with Gasteiger partial charge in [0.25, 0.3) is 0 Å². The average Bonchev–Trinajstić information content (AvgIpc) is 2.78. The fourth-order valence-electron chi connectivity index (χ4n) is 1.97. The number of rotatable bonds is 3. The first kappa shape index (κ1) is 11.2. The zero-order chi connectivity index (χ0) is 11.5. The van der Waals surface area contributed by atoms with E-state index in [1.54, 1.807) is 6.20 Å². The lowest BCUT2D eigenvalue weighted by molar-refractivity contribution is 0.183. The van der Waals surface area contributed by atoms with Gasteiger partial charge in [0.1, 0.15) is 5.82 Å². The van der Waals surface area contributed by atoms with Crippen molar-refractivity contribution >= 4 is 11.5 Å². The van der Waals surface area contributed by atoms with Crippen LogP contribution in [-0.2, 0) is 4.74 Å². The van der Waals surface area contributed by atoms with Crippen LogP contribution in [0.3, 0.4) is 0 Å². The molecule has 0 radical (unpaired) electrons. The van der Waals surface area contributed by atoms with E-state index in [-0.39, 0.29) is 0 Å². The standard InChI is InChI=1S/C12H19N3O/c1-8-3-5-14-12(11(8)13)15-9(2)10-4-6-16-7-10/h3,5,9-10H,4,6-7,13H2,1-2H3,(H,14,15). The van der Waals surface area contributed by atoms with Crippen molar-refractivity contribution in [3.05, 3.63) is 17.8 Å². The molecule has 3 N–H and O–H groups in total. The fraction of sp³-hybridized carbons (Fsp3) is 0.583. The highest BCUT2D eigenvalue weighted by Gasteiger charge is 2.22. The summed E-state index contributed by atoms with van der Waals surface area (Å²) in [6.07, 6.45) is 2.89. The van der Waals surface area contributed by atoms with Crippen molar-refractivity contribution < 1.29 is 4.74 Å². The van der Waals surface area contributed by atoms with E-state index in [0.29, 0.717) is 12.0 Å². The molecular formula is C12H19N3O. The van der Waals surface area contributed by atoms with Gasteiger partial charge in [0, 0.05) is 24.8 Å². The zero-order valence-electron chi connectivity index (χ0n) is 9.86. The molecular weight excluding hydrogens is 202 g/mol. The van der Waals surface area contributed by atoms with E-state index in [1.807, 2.05) is 13.0 Å². The summed E-state index contributed by atoms with van der Waals surface area (Å²) >= 11 is 0. The Kier molecular flexibility index (Phi) is 3.29. The van der Waals surface area contributed by atoms with Gasteiger partial charge in [-0.15, -0.1) is 0 Å². The summed E-state index contributed by atoms with van der Waals surface area (Å²) in [5, 5.41) is 3.38. The van der Waals surface area contributed by atoms with Crippen LogP contribution < -0.4 is 11.1 Å². The summed E-state index contributed by atoms with van der Waals surface area (Å²) in [6.45, 7) is 5.85. The van der Waals surface area contributed by atoms with Crippen LogP contribution >= 0.6 is 0 Å². The minimum absolute atomic E-state index is 0.346. The maximum atomic E-state index is 5.97. The lowest BCUT2D eigenvalue weighted by Crippen LogP contribution is -2.27. The number of nitrogens with zero attached hydrogens (tertiary/aromatic N) is 1. The normalized spacial score (nSPS) is 22.0. The summed E-state index contributed by atoms with van der Waals surface area (Å²) in [7, 11) is 0. The molecule has 2 unspecified atom stereocenters. The Morgan fingerprint density at radius 3 is 3.12 bits per heavy atom. The van der Waals surface area contributed by atoms with Gasteiger partial charge in [-0.1, -0.05) is 0 Å². The fourth-order valence-corrected chi connectivity index (χ4v) is 1.97. The van der Waals surface area contributed by atoms with Gasteiger partial charge in [0.2, 0.25) is 0 Å². The summed E-state index contributed by atoms with van der Waals surface area (Å²) in [5.41, 5.74) is 7.78. The van der Waals surface area contributed by atoms with Crippen molar-refractivity contribution in [2.24, 2.45) is 5.92 Å². The number of nitrogen functional groups attached to an aromatic ring is 1. The highest BCUT2D eigenvalue weighted by Crippen LogP contribution is 2.23. The molecule has 0 amide bonds. The molecule has 4 nitrogen and oxygen atoms in total. The van der Waals surface area contributed by atoms with Gasteiger partial charge in [0.15, 0.2) is 0 Å². The van der Waals surface area contributed by atoms with Crippen molar-refractivity contribution in [1.29, 1.82) is 0 Å². The number of aromatic nitrogens is 1. The molecule has 1 saturated heterocycles. The first-order chi connectivity index (χ1) is 7.68. The largest absolute Gasteiger partial charge is 0.396 e. The van der Waals surface area contributed by atoms with Crippen LogP contribution in [0.25, 0.3) is 0 Å². The molecule has 0 aromatic carbocycles. The van der Waals surface area contributed by atoms with Crippen LogP contribution in [-0.4, -0.2) is 24.2 Å². The summed E-state index contributed by atoms with van der Waals surface area (Å²) in [6, 6.07) is 2.27. The molecule has 0 spiro atoms. The van der Waals surface area contributed by atoms with E-state index >= 15 is 0 Å². The lowest BCUT2D eigenvalue weighted by Gasteiger charge is -2.21. The van der Waals surface area contributed by atoms with Crippen molar-refractivity contribution in [2.45, 2.75) is 26.3 Å². The number of ether oxygens (including phenoxy) is 1. The molecule has 1 fully saturated rings. The van der Waals surface area contributed by atoms with Crippen molar-refractivity contribution in [2.75, 3.05) is 24.3 Å². The van der Waals surface area contributed by atoms with Gasteiger partial charge >= 0.3 is 0 Å². The second kappa shape index (κ2) is 4.70. The van der Waals surface area contributed by atoms with E-state index in [1.165, 1.54) is 0 Å². The number of anilines is 2. The van der Waals surface area contributed by atoms with Crippen LogP contribution in [0.15, 0.2) is 12.3 Å². The van der Waals surface area contributed by atoms with E-state index in [2.05, 4.69) is 17.2 Å². The minimum atomic E-state index is 0.346. The van der Waals surface area contributed by atoms with E-state index in [0.717, 1.165) is 36.7 Å². The third-order valence-electron chi connectivity index (χ3n) is 3.24. The summed E-state index contributed by atoms with van der Waals surface area (Å²) in [4.78, 5) is 4.27. The summed E-state index contributed by atoms with van der Waals surface area (Å²) < 4.78 is 5.38. The predicted molar refractivity (Wildman–Crippen MR) is 65.4 cm³/mol. The van der Waals surface area contributed by atoms with Gasteiger partial charge in [-0.2, -0.15) is 0 Å². The topological polar surface area (TPSA) is 60.2 Å². The van der Waals surface area contributed by atoms with Crippen molar-refractivity contribution in [3.63, 3.8) is 0 Å². The average molecular weight is 221 g/mol. The maximum absolute atomic E-state index is 5.97. The second-order valence-corrected chi connectivity index (χ2v) is 4.45. The molecule has 88 valence electrons. The minimum Gasteiger partial charge on any atom is -0.396 e. The molecule has 0 saturated carbocycles. The van der Waals surface area contributed by atoms with Crippen LogP contribution in [0, 0.1) is 12.8 Å².